The quantitative estimate of drug-likeness (QED) is 0.596. The van der Waals surface area contributed by atoms with Crippen molar-refractivity contribution in [3.05, 3.63) is 70.8 Å². The molecule has 2 aromatic rings. The smallest absolute Gasteiger partial charge is 0.191 e. The number of aliphatic imine (C=N–C) groups is 1. The Labute approximate surface area is 151 Å². The highest BCUT2D eigenvalue weighted by Crippen LogP contribution is 2.08. The molecule has 4 heteroatoms. The molecule has 0 saturated carbocycles. The first kappa shape index (κ1) is 19.0. The van der Waals surface area contributed by atoms with Crippen LogP contribution in [0.25, 0.3) is 0 Å². The van der Waals surface area contributed by atoms with E-state index in [9.17, 15) is 0 Å². The summed E-state index contributed by atoms with van der Waals surface area (Å²) in [7, 11) is 1.79. The monoisotopic (exact) mass is 339 g/mol. The van der Waals surface area contributed by atoms with Crippen molar-refractivity contribution in [1.29, 1.82) is 0 Å². The van der Waals surface area contributed by atoms with Crippen molar-refractivity contribution in [1.82, 2.24) is 10.6 Å². The molecule has 134 valence electrons. The summed E-state index contributed by atoms with van der Waals surface area (Å²) in [6, 6.07) is 17.0. The van der Waals surface area contributed by atoms with Crippen LogP contribution in [0.15, 0.2) is 53.5 Å². The Morgan fingerprint density at radius 3 is 2.24 bits per heavy atom. The lowest BCUT2D eigenvalue weighted by atomic mass is 10.1. The number of benzene rings is 2. The van der Waals surface area contributed by atoms with E-state index in [4.69, 9.17) is 4.74 Å². The minimum Gasteiger partial charge on any atom is -0.374 e. The number of aryl methyl sites for hydroxylation is 1. The third-order valence-corrected chi connectivity index (χ3v) is 3.84. The number of hydrogen-bond donors (Lipinski definition) is 2. The minimum atomic E-state index is 0.242. The first-order valence-corrected chi connectivity index (χ1v) is 8.76. The van der Waals surface area contributed by atoms with Gasteiger partial charge in [0, 0.05) is 20.1 Å². The van der Waals surface area contributed by atoms with Gasteiger partial charge in [0.15, 0.2) is 5.96 Å². The van der Waals surface area contributed by atoms with Crippen LogP contribution < -0.4 is 10.6 Å². The first-order chi connectivity index (χ1) is 12.1. The lowest BCUT2D eigenvalue weighted by Gasteiger charge is -2.13. The van der Waals surface area contributed by atoms with Crippen LogP contribution in [0.5, 0.6) is 0 Å². The van der Waals surface area contributed by atoms with Crippen molar-refractivity contribution in [3.63, 3.8) is 0 Å². The maximum Gasteiger partial charge on any atom is 0.191 e. The van der Waals surface area contributed by atoms with Crippen molar-refractivity contribution in [2.45, 2.75) is 46.6 Å². The molecule has 0 saturated heterocycles. The molecular weight excluding hydrogens is 310 g/mol. The predicted octanol–water partition coefficient (Wildman–Crippen LogP) is 3.79. The third kappa shape index (κ3) is 6.98. The Morgan fingerprint density at radius 1 is 0.960 bits per heavy atom. The summed E-state index contributed by atoms with van der Waals surface area (Å²) in [5, 5.41) is 6.70. The highest BCUT2D eigenvalue weighted by Gasteiger charge is 2.01. The van der Waals surface area contributed by atoms with Gasteiger partial charge in [-0.05, 0) is 37.5 Å². The summed E-state index contributed by atoms with van der Waals surface area (Å²) in [5.41, 5.74) is 4.91. The van der Waals surface area contributed by atoms with Gasteiger partial charge in [0.05, 0.1) is 12.7 Å². The molecule has 0 spiro atoms. The molecule has 0 heterocycles. The zero-order valence-electron chi connectivity index (χ0n) is 15.7. The van der Waals surface area contributed by atoms with E-state index in [2.05, 4.69) is 84.9 Å². The SMILES string of the molecule is CN=C(NCc1ccc(C)cc1)NCc1cccc(COC(C)C)c1. The second-order valence-electron chi connectivity index (χ2n) is 6.44. The van der Waals surface area contributed by atoms with E-state index in [1.807, 2.05) is 0 Å². The maximum atomic E-state index is 5.67. The van der Waals surface area contributed by atoms with Gasteiger partial charge in [-0.1, -0.05) is 54.1 Å². The highest BCUT2D eigenvalue weighted by molar-refractivity contribution is 5.79. The normalized spacial score (nSPS) is 11.6. The second kappa shape index (κ2) is 9.84. The largest absolute Gasteiger partial charge is 0.374 e. The fraction of sp³-hybridized carbons (Fsp3) is 0.381. The molecule has 4 nitrogen and oxygen atoms in total. The van der Waals surface area contributed by atoms with Crippen LogP contribution in [0.4, 0.5) is 0 Å². The van der Waals surface area contributed by atoms with Gasteiger partial charge in [0.2, 0.25) is 0 Å². The zero-order chi connectivity index (χ0) is 18.1. The number of guanidine groups is 1. The van der Waals surface area contributed by atoms with Crippen molar-refractivity contribution >= 4 is 5.96 Å². The number of nitrogens with zero attached hydrogens (tertiary/aromatic N) is 1. The summed E-state index contributed by atoms with van der Waals surface area (Å²) in [4.78, 5) is 4.29. The number of hydrogen-bond acceptors (Lipinski definition) is 2. The van der Waals surface area contributed by atoms with E-state index in [0.29, 0.717) is 6.61 Å². The molecule has 2 aromatic carbocycles. The number of nitrogens with one attached hydrogen (secondary N) is 2. The Kier molecular flexibility index (Phi) is 7.48. The highest BCUT2D eigenvalue weighted by atomic mass is 16.5. The van der Waals surface area contributed by atoms with Crippen LogP contribution in [-0.4, -0.2) is 19.1 Å². The third-order valence-electron chi connectivity index (χ3n) is 3.84. The standard InChI is InChI=1S/C21H29N3O/c1-16(2)25-15-20-7-5-6-19(12-20)14-24-21(22-4)23-13-18-10-8-17(3)9-11-18/h5-12,16H,13-15H2,1-4H3,(H2,22,23,24). The first-order valence-electron chi connectivity index (χ1n) is 8.76. The van der Waals surface area contributed by atoms with Crippen molar-refractivity contribution in [2.24, 2.45) is 4.99 Å². The number of ether oxygens (including phenoxy) is 1. The molecule has 0 aliphatic rings. The molecule has 0 aromatic heterocycles. The van der Waals surface area contributed by atoms with Crippen LogP contribution in [0.1, 0.15) is 36.1 Å². The van der Waals surface area contributed by atoms with Crippen molar-refractivity contribution in [2.75, 3.05) is 7.05 Å². The summed E-state index contributed by atoms with van der Waals surface area (Å²) in [5.74, 6) is 0.796. The van der Waals surface area contributed by atoms with E-state index in [1.165, 1.54) is 22.3 Å². The van der Waals surface area contributed by atoms with E-state index in [1.54, 1.807) is 7.05 Å². The van der Waals surface area contributed by atoms with E-state index in [0.717, 1.165) is 19.0 Å². The lowest BCUT2D eigenvalue weighted by molar-refractivity contribution is 0.0657. The van der Waals surface area contributed by atoms with Crippen molar-refractivity contribution in [3.8, 4) is 0 Å². The Bertz CT molecular complexity index is 678. The maximum absolute atomic E-state index is 5.67. The van der Waals surface area contributed by atoms with Crippen LogP contribution in [0.3, 0.4) is 0 Å². The zero-order valence-corrected chi connectivity index (χ0v) is 15.7. The Balaban J connectivity index is 1.83. The van der Waals surface area contributed by atoms with E-state index in [-0.39, 0.29) is 6.10 Å². The number of rotatable bonds is 7. The van der Waals surface area contributed by atoms with Crippen LogP contribution in [0, 0.1) is 6.92 Å². The van der Waals surface area contributed by atoms with E-state index < -0.39 is 0 Å². The van der Waals surface area contributed by atoms with Gasteiger partial charge in [-0.25, -0.2) is 0 Å². The van der Waals surface area contributed by atoms with Gasteiger partial charge in [0.25, 0.3) is 0 Å². The van der Waals surface area contributed by atoms with Gasteiger partial charge >= 0.3 is 0 Å². The van der Waals surface area contributed by atoms with Gasteiger partial charge in [-0.2, -0.15) is 0 Å². The molecule has 0 aliphatic carbocycles. The fourth-order valence-electron chi connectivity index (χ4n) is 2.39. The molecule has 0 fully saturated rings. The lowest BCUT2D eigenvalue weighted by Crippen LogP contribution is -2.36. The van der Waals surface area contributed by atoms with Crippen LogP contribution in [-0.2, 0) is 24.4 Å². The molecule has 0 amide bonds. The molecule has 2 N–H and O–H groups in total. The average Bonchev–Trinajstić information content (AvgIpc) is 2.62. The summed E-state index contributed by atoms with van der Waals surface area (Å²) < 4.78 is 5.67. The Morgan fingerprint density at radius 2 is 1.60 bits per heavy atom. The summed E-state index contributed by atoms with van der Waals surface area (Å²) >= 11 is 0. The second-order valence-corrected chi connectivity index (χ2v) is 6.44. The van der Waals surface area contributed by atoms with Gasteiger partial charge in [-0.3, -0.25) is 4.99 Å². The summed E-state index contributed by atoms with van der Waals surface area (Å²) in [6.45, 7) is 8.32. The molecule has 25 heavy (non-hydrogen) atoms. The van der Waals surface area contributed by atoms with Gasteiger partial charge < -0.3 is 15.4 Å². The van der Waals surface area contributed by atoms with Gasteiger partial charge in [-0.15, -0.1) is 0 Å². The van der Waals surface area contributed by atoms with Crippen LogP contribution in [0.2, 0.25) is 0 Å². The molecule has 0 radical (unpaired) electrons. The Hall–Kier alpha value is -2.33. The summed E-state index contributed by atoms with van der Waals surface area (Å²) in [6.07, 6.45) is 0.242. The molecule has 0 unspecified atom stereocenters. The van der Waals surface area contributed by atoms with E-state index >= 15 is 0 Å². The predicted molar refractivity (Wildman–Crippen MR) is 105 cm³/mol. The molecule has 0 aliphatic heterocycles. The molecule has 0 bridgehead atoms. The molecule has 2 rings (SSSR count). The topological polar surface area (TPSA) is 45.7 Å². The molecular formula is C21H29N3O. The van der Waals surface area contributed by atoms with Crippen LogP contribution >= 0.6 is 0 Å². The van der Waals surface area contributed by atoms with Crippen molar-refractivity contribution < 1.29 is 4.74 Å². The molecule has 0 atom stereocenters. The van der Waals surface area contributed by atoms with Gasteiger partial charge in [0.1, 0.15) is 0 Å². The fourth-order valence-corrected chi connectivity index (χ4v) is 2.39. The minimum absolute atomic E-state index is 0.242. The average molecular weight is 339 g/mol.